The first-order valence-corrected chi connectivity index (χ1v) is 8.17. The van der Waals surface area contributed by atoms with Crippen molar-refractivity contribution in [2.75, 3.05) is 5.32 Å². The van der Waals surface area contributed by atoms with Crippen LogP contribution in [-0.2, 0) is 17.6 Å². The van der Waals surface area contributed by atoms with Gasteiger partial charge in [-0.15, -0.1) is 0 Å². The van der Waals surface area contributed by atoms with Crippen LogP contribution in [0.4, 0.5) is 10.1 Å². The summed E-state index contributed by atoms with van der Waals surface area (Å²) < 4.78 is 12.8. The lowest BCUT2D eigenvalue weighted by Gasteiger charge is -2.11. The predicted octanol–water partition coefficient (Wildman–Crippen LogP) is 3.34. The number of hydrogen-bond acceptors (Lipinski definition) is 2. The van der Waals surface area contributed by atoms with Gasteiger partial charge in [0.1, 0.15) is 5.82 Å². The molecule has 0 radical (unpaired) electrons. The molecule has 0 aliphatic rings. The van der Waals surface area contributed by atoms with E-state index in [2.05, 4.69) is 35.2 Å². The number of amides is 1. The summed E-state index contributed by atoms with van der Waals surface area (Å²) in [5.74, 6) is -0.475. The van der Waals surface area contributed by atoms with E-state index >= 15 is 0 Å². The van der Waals surface area contributed by atoms with Crippen LogP contribution in [0.1, 0.15) is 24.5 Å². The average Bonchev–Trinajstić information content (AvgIpc) is 2.60. The minimum Gasteiger partial charge on any atom is -0.331 e. The zero-order chi connectivity index (χ0) is 17.4. The molecule has 0 saturated heterocycles. The molecule has 0 spiro atoms. The molecule has 0 aliphatic carbocycles. The number of anilines is 1. The van der Waals surface area contributed by atoms with Crippen LogP contribution < -0.4 is 16.2 Å². The Balaban J connectivity index is 1.70. The van der Waals surface area contributed by atoms with E-state index in [9.17, 15) is 9.18 Å². The van der Waals surface area contributed by atoms with Gasteiger partial charge in [0.05, 0.1) is 0 Å². The lowest BCUT2D eigenvalue weighted by atomic mass is 10.1. The molecule has 6 heteroatoms. The molecule has 2 aromatic rings. The number of hydrazine groups is 1. The largest absolute Gasteiger partial charge is 0.331 e. The lowest BCUT2D eigenvalue weighted by Crippen LogP contribution is -2.43. The summed E-state index contributed by atoms with van der Waals surface area (Å²) in [5.41, 5.74) is 8.20. The molecule has 0 heterocycles. The topological polar surface area (TPSA) is 53.2 Å². The van der Waals surface area contributed by atoms with E-state index in [1.807, 2.05) is 12.1 Å². The third-order valence-electron chi connectivity index (χ3n) is 3.49. The standard InChI is InChI=1S/C18H20FN3OS/c1-2-13-3-5-14(6-4-13)7-12-17(23)21-22-18(24)20-16-10-8-15(19)9-11-16/h3-6,8-11H,2,7,12H2,1H3,(H,21,23)(H2,20,22,24). The highest BCUT2D eigenvalue weighted by molar-refractivity contribution is 7.80. The van der Waals surface area contributed by atoms with Crippen LogP contribution in [-0.4, -0.2) is 11.0 Å². The quantitative estimate of drug-likeness (QED) is 0.575. The van der Waals surface area contributed by atoms with E-state index in [-0.39, 0.29) is 16.8 Å². The number of aryl methyl sites for hydroxylation is 2. The average molecular weight is 345 g/mol. The Bertz CT molecular complexity index is 686. The van der Waals surface area contributed by atoms with Crippen molar-refractivity contribution >= 4 is 28.9 Å². The highest BCUT2D eigenvalue weighted by Crippen LogP contribution is 2.08. The SMILES string of the molecule is CCc1ccc(CCC(=O)NNC(=S)Nc2ccc(F)cc2)cc1. The van der Waals surface area contributed by atoms with Crippen molar-refractivity contribution in [3.63, 3.8) is 0 Å². The fraction of sp³-hybridized carbons (Fsp3) is 0.222. The smallest absolute Gasteiger partial charge is 0.238 e. The van der Waals surface area contributed by atoms with E-state index in [0.717, 1.165) is 12.0 Å². The van der Waals surface area contributed by atoms with Gasteiger partial charge >= 0.3 is 0 Å². The van der Waals surface area contributed by atoms with E-state index in [0.29, 0.717) is 18.5 Å². The van der Waals surface area contributed by atoms with Gasteiger partial charge in [0.25, 0.3) is 0 Å². The molecule has 0 aromatic heterocycles. The van der Waals surface area contributed by atoms with Gasteiger partial charge in [-0.3, -0.25) is 15.6 Å². The molecule has 3 N–H and O–H groups in total. The predicted molar refractivity (Wildman–Crippen MR) is 98.0 cm³/mol. The number of carbonyl (C=O) groups excluding carboxylic acids is 1. The normalized spacial score (nSPS) is 10.1. The molecule has 2 rings (SSSR count). The zero-order valence-electron chi connectivity index (χ0n) is 13.4. The maximum absolute atomic E-state index is 12.8. The molecule has 0 bridgehead atoms. The van der Waals surface area contributed by atoms with Crippen molar-refractivity contribution in [2.24, 2.45) is 0 Å². The number of hydrogen-bond donors (Lipinski definition) is 3. The first kappa shape index (κ1) is 17.9. The third-order valence-corrected chi connectivity index (χ3v) is 3.69. The van der Waals surface area contributed by atoms with Crippen molar-refractivity contribution in [2.45, 2.75) is 26.2 Å². The second-order valence-electron chi connectivity index (χ2n) is 5.30. The molecule has 0 aliphatic heterocycles. The van der Waals surface area contributed by atoms with Gasteiger partial charge in [-0.1, -0.05) is 31.2 Å². The van der Waals surface area contributed by atoms with Crippen LogP contribution in [0.3, 0.4) is 0 Å². The summed E-state index contributed by atoms with van der Waals surface area (Å²) in [7, 11) is 0. The van der Waals surface area contributed by atoms with E-state index < -0.39 is 0 Å². The van der Waals surface area contributed by atoms with Gasteiger partial charge in [-0.05, 0) is 60.5 Å². The molecule has 1 amide bonds. The van der Waals surface area contributed by atoms with Crippen molar-refractivity contribution in [1.29, 1.82) is 0 Å². The van der Waals surface area contributed by atoms with Gasteiger partial charge in [-0.25, -0.2) is 4.39 Å². The van der Waals surface area contributed by atoms with Crippen LogP contribution in [0.2, 0.25) is 0 Å². The van der Waals surface area contributed by atoms with E-state index in [4.69, 9.17) is 12.2 Å². The fourth-order valence-corrected chi connectivity index (χ4v) is 2.25. The highest BCUT2D eigenvalue weighted by Gasteiger charge is 2.04. The molecule has 4 nitrogen and oxygen atoms in total. The Labute approximate surface area is 146 Å². The zero-order valence-corrected chi connectivity index (χ0v) is 14.3. The monoisotopic (exact) mass is 345 g/mol. The number of rotatable bonds is 5. The Morgan fingerprint density at radius 1 is 1.00 bits per heavy atom. The molecule has 24 heavy (non-hydrogen) atoms. The summed E-state index contributed by atoms with van der Waals surface area (Å²) in [6.45, 7) is 2.11. The molecule has 2 aromatic carbocycles. The van der Waals surface area contributed by atoms with Gasteiger partial charge in [0.2, 0.25) is 5.91 Å². The molecule has 0 fully saturated rings. The van der Waals surface area contributed by atoms with Crippen LogP contribution in [0.25, 0.3) is 0 Å². The Hall–Kier alpha value is -2.47. The van der Waals surface area contributed by atoms with Crippen LogP contribution >= 0.6 is 12.2 Å². The van der Waals surface area contributed by atoms with Gasteiger partial charge in [-0.2, -0.15) is 0 Å². The molecule has 126 valence electrons. The number of nitrogens with one attached hydrogen (secondary N) is 3. The van der Waals surface area contributed by atoms with Crippen LogP contribution in [0, 0.1) is 5.82 Å². The van der Waals surface area contributed by atoms with E-state index in [1.165, 1.54) is 17.7 Å². The Morgan fingerprint density at radius 3 is 2.25 bits per heavy atom. The summed E-state index contributed by atoms with van der Waals surface area (Å²) in [5, 5.41) is 3.09. The number of carbonyl (C=O) groups is 1. The van der Waals surface area contributed by atoms with Gasteiger partial charge in [0, 0.05) is 12.1 Å². The van der Waals surface area contributed by atoms with Crippen molar-refractivity contribution in [1.82, 2.24) is 10.9 Å². The van der Waals surface area contributed by atoms with E-state index in [1.54, 1.807) is 12.1 Å². The van der Waals surface area contributed by atoms with Crippen LogP contribution in [0.5, 0.6) is 0 Å². The maximum atomic E-state index is 12.8. The third kappa shape index (κ3) is 5.96. The molecular weight excluding hydrogens is 325 g/mol. The van der Waals surface area contributed by atoms with Crippen LogP contribution in [0.15, 0.2) is 48.5 Å². The Morgan fingerprint density at radius 2 is 1.62 bits per heavy atom. The molecular formula is C18H20FN3OS. The summed E-state index contributed by atoms with van der Waals surface area (Å²) in [4.78, 5) is 11.8. The number of thiocarbonyl (C=S) groups is 1. The summed E-state index contributed by atoms with van der Waals surface area (Å²) in [6.07, 6.45) is 2.02. The second kappa shape index (κ2) is 8.98. The fourth-order valence-electron chi connectivity index (χ4n) is 2.08. The molecule has 0 saturated carbocycles. The minimum atomic E-state index is -0.320. The van der Waals surface area contributed by atoms with Crippen molar-refractivity contribution < 1.29 is 9.18 Å². The van der Waals surface area contributed by atoms with Crippen molar-refractivity contribution in [3.05, 3.63) is 65.5 Å². The highest BCUT2D eigenvalue weighted by atomic mass is 32.1. The molecule has 0 unspecified atom stereocenters. The second-order valence-corrected chi connectivity index (χ2v) is 5.71. The molecule has 0 atom stereocenters. The van der Waals surface area contributed by atoms with Crippen molar-refractivity contribution in [3.8, 4) is 0 Å². The maximum Gasteiger partial charge on any atom is 0.238 e. The summed E-state index contributed by atoms with van der Waals surface area (Å²) >= 11 is 5.06. The first-order valence-electron chi connectivity index (χ1n) is 7.76. The summed E-state index contributed by atoms with van der Waals surface area (Å²) in [6, 6.07) is 14.0. The number of halogens is 1. The Kier molecular flexibility index (Phi) is 6.69. The first-order chi connectivity index (χ1) is 11.6. The lowest BCUT2D eigenvalue weighted by molar-refractivity contribution is -0.121. The van der Waals surface area contributed by atoms with Gasteiger partial charge < -0.3 is 5.32 Å². The van der Waals surface area contributed by atoms with Gasteiger partial charge in [0.15, 0.2) is 5.11 Å². The minimum absolute atomic E-state index is 0.155. The number of benzene rings is 2.